The van der Waals surface area contributed by atoms with Gasteiger partial charge >= 0.3 is 6.03 Å². The molecule has 0 unspecified atom stereocenters. The first-order chi connectivity index (χ1) is 12.8. The van der Waals surface area contributed by atoms with Gasteiger partial charge in [-0.05, 0) is 37.1 Å². The molecule has 0 saturated carbocycles. The highest BCUT2D eigenvalue weighted by Gasteiger charge is 2.49. The number of nitrogens with zero attached hydrogens (tertiary/aromatic N) is 1. The molecule has 1 atom stereocenters. The largest absolute Gasteiger partial charge is 0.350 e. The molecule has 6 nitrogen and oxygen atoms in total. The SMILES string of the molecule is Cc1ccc(CNC(=O)CN2C(=O)N[C@@](C)(c3ccc(Br)cc3)C2=O)cc1. The van der Waals surface area contributed by atoms with Gasteiger partial charge < -0.3 is 10.6 Å². The smallest absolute Gasteiger partial charge is 0.325 e. The summed E-state index contributed by atoms with van der Waals surface area (Å²) in [6.45, 7) is 3.65. The van der Waals surface area contributed by atoms with E-state index < -0.39 is 17.5 Å². The number of benzene rings is 2. The van der Waals surface area contributed by atoms with Gasteiger partial charge in [0, 0.05) is 11.0 Å². The van der Waals surface area contributed by atoms with Crippen LogP contribution >= 0.6 is 15.9 Å². The molecule has 1 saturated heterocycles. The molecule has 27 heavy (non-hydrogen) atoms. The molecule has 1 heterocycles. The third-order valence-electron chi connectivity index (χ3n) is 4.61. The lowest BCUT2D eigenvalue weighted by atomic mass is 9.92. The van der Waals surface area contributed by atoms with Crippen LogP contribution in [0, 0.1) is 6.92 Å². The summed E-state index contributed by atoms with van der Waals surface area (Å²) in [5.41, 5.74) is 1.56. The zero-order chi connectivity index (χ0) is 19.6. The van der Waals surface area contributed by atoms with Crippen LogP contribution < -0.4 is 10.6 Å². The molecule has 2 N–H and O–H groups in total. The summed E-state index contributed by atoms with van der Waals surface area (Å²) in [5, 5.41) is 5.44. The van der Waals surface area contributed by atoms with Gasteiger partial charge in [-0.3, -0.25) is 14.5 Å². The average molecular weight is 430 g/mol. The Bertz CT molecular complexity index is 880. The van der Waals surface area contributed by atoms with Gasteiger partial charge in [-0.15, -0.1) is 0 Å². The number of hydrogen-bond acceptors (Lipinski definition) is 3. The number of nitrogens with one attached hydrogen (secondary N) is 2. The van der Waals surface area contributed by atoms with Gasteiger partial charge in [-0.1, -0.05) is 57.9 Å². The van der Waals surface area contributed by atoms with Gasteiger partial charge in [-0.2, -0.15) is 0 Å². The van der Waals surface area contributed by atoms with Crippen LogP contribution in [-0.4, -0.2) is 29.3 Å². The van der Waals surface area contributed by atoms with Gasteiger partial charge in [0.2, 0.25) is 5.91 Å². The zero-order valence-corrected chi connectivity index (χ0v) is 16.7. The van der Waals surface area contributed by atoms with E-state index in [1.165, 1.54) is 0 Å². The van der Waals surface area contributed by atoms with E-state index in [2.05, 4.69) is 26.6 Å². The minimum absolute atomic E-state index is 0.317. The van der Waals surface area contributed by atoms with Crippen molar-refractivity contribution in [3.8, 4) is 0 Å². The molecule has 3 rings (SSSR count). The zero-order valence-electron chi connectivity index (χ0n) is 15.1. The van der Waals surface area contributed by atoms with Crippen LogP contribution in [-0.2, 0) is 21.7 Å². The van der Waals surface area contributed by atoms with Gasteiger partial charge in [0.25, 0.3) is 5.91 Å². The lowest BCUT2D eigenvalue weighted by molar-refractivity contribution is -0.134. The number of carbonyl (C=O) groups excluding carboxylic acids is 3. The van der Waals surface area contributed by atoms with Crippen molar-refractivity contribution in [3.63, 3.8) is 0 Å². The second-order valence-electron chi connectivity index (χ2n) is 6.72. The van der Waals surface area contributed by atoms with Gasteiger partial charge in [-0.25, -0.2) is 4.79 Å². The number of rotatable bonds is 5. The first-order valence-electron chi connectivity index (χ1n) is 8.52. The molecule has 7 heteroatoms. The standard InChI is InChI=1S/C20H20BrN3O3/c1-13-3-5-14(6-4-13)11-22-17(25)12-24-18(26)20(2,23-19(24)27)15-7-9-16(21)10-8-15/h3-10H,11-12H2,1-2H3,(H,22,25)(H,23,27)/t20-/m0/s1. The van der Waals surface area contributed by atoms with Crippen LogP contribution in [0.2, 0.25) is 0 Å². The van der Waals surface area contributed by atoms with Crippen molar-refractivity contribution >= 4 is 33.8 Å². The first-order valence-corrected chi connectivity index (χ1v) is 9.31. The summed E-state index contributed by atoms with van der Waals surface area (Å²) in [6.07, 6.45) is 0. The molecular weight excluding hydrogens is 410 g/mol. The molecule has 0 aromatic heterocycles. The number of urea groups is 1. The van der Waals surface area contributed by atoms with Crippen LogP contribution in [0.5, 0.6) is 0 Å². The Morgan fingerprint density at radius 3 is 2.37 bits per heavy atom. The Labute approximate surface area is 166 Å². The Hall–Kier alpha value is -2.67. The molecular formula is C20H20BrN3O3. The summed E-state index contributed by atoms with van der Waals surface area (Å²) in [6, 6.07) is 14.3. The highest BCUT2D eigenvalue weighted by molar-refractivity contribution is 9.10. The fraction of sp³-hybridized carbons (Fsp3) is 0.250. The highest BCUT2D eigenvalue weighted by atomic mass is 79.9. The maximum atomic E-state index is 12.8. The molecule has 2 aromatic rings. The van der Waals surface area contributed by atoms with Gasteiger partial charge in [0.1, 0.15) is 12.1 Å². The van der Waals surface area contributed by atoms with E-state index in [4.69, 9.17) is 0 Å². The summed E-state index contributed by atoms with van der Waals surface area (Å²) in [7, 11) is 0. The lowest BCUT2D eigenvalue weighted by Crippen LogP contribution is -2.43. The summed E-state index contributed by atoms with van der Waals surface area (Å²) in [4.78, 5) is 38.3. The van der Waals surface area contributed by atoms with E-state index in [1.807, 2.05) is 31.2 Å². The lowest BCUT2D eigenvalue weighted by Gasteiger charge is -2.22. The molecule has 4 amide bonds. The topological polar surface area (TPSA) is 78.5 Å². The van der Waals surface area contributed by atoms with Crippen LogP contribution in [0.1, 0.15) is 23.6 Å². The average Bonchev–Trinajstić information content (AvgIpc) is 2.86. The molecule has 1 aliphatic heterocycles. The second kappa shape index (κ2) is 7.52. The van der Waals surface area contributed by atoms with E-state index in [9.17, 15) is 14.4 Å². The van der Waals surface area contributed by atoms with Gasteiger partial charge in [0.05, 0.1) is 0 Å². The van der Waals surface area contributed by atoms with Crippen molar-refractivity contribution in [2.24, 2.45) is 0 Å². The minimum Gasteiger partial charge on any atom is -0.350 e. The quantitative estimate of drug-likeness (QED) is 0.717. The van der Waals surface area contributed by atoms with E-state index in [1.54, 1.807) is 31.2 Å². The predicted molar refractivity (Wildman–Crippen MR) is 105 cm³/mol. The van der Waals surface area contributed by atoms with Crippen LogP contribution in [0.25, 0.3) is 0 Å². The third kappa shape index (κ3) is 4.03. The fourth-order valence-electron chi connectivity index (χ4n) is 2.93. The normalized spacial score (nSPS) is 19.1. The third-order valence-corrected chi connectivity index (χ3v) is 5.14. The number of halogens is 1. The van der Waals surface area contributed by atoms with Crippen LogP contribution in [0.15, 0.2) is 53.0 Å². The first kappa shape index (κ1) is 19.1. The number of amides is 4. The van der Waals surface area contributed by atoms with E-state index in [0.29, 0.717) is 12.1 Å². The molecule has 0 radical (unpaired) electrons. The molecule has 0 aliphatic carbocycles. The molecule has 0 bridgehead atoms. The molecule has 1 aliphatic rings. The monoisotopic (exact) mass is 429 g/mol. The van der Waals surface area contributed by atoms with E-state index in [0.717, 1.165) is 20.5 Å². The van der Waals surface area contributed by atoms with Gasteiger partial charge in [0.15, 0.2) is 0 Å². The minimum atomic E-state index is -1.19. The van der Waals surface area contributed by atoms with Crippen molar-refractivity contribution < 1.29 is 14.4 Å². The fourth-order valence-corrected chi connectivity index (χ4v) is 3.19. The Kier molecular flexibility index (Phi) is 5.32. The van der Waals surface area contributed by atoms with Crippen molar-refractivity contribution in [2.45, 2.75) is 25.9 Å². The van der Waals surface area contributed by atoms with E-state index in [-0.39, 0.29) is 12.5 Å². The van der Waals surface area contributed by atoms with Crippen LogP contribution in [0.3, 0.4) is 0 Å². The highest BCUT2D eigenvalue weighted by Crippen LogP contribution is 2.29. The number of imide groups is 1. The van der Waals surface area contributed by atoms with Crippen molar-refractivity contribution in [2.75, 3.05) is 6.54 Å². The van der Waals surface area contributed by atoms with E-state index >= 15 is 0 Å². The van der Waals surface area contributed by atoms with Crippen LogP contribution in [0.4, 0.5) is 4.79 Å². The maximum Gasteiger partial charge on any atom is 0.325 e. The Morgan fingerprint density at radius 2 is 1.74 bits per heavy atom. The van der Waals surface area contributed by atoms with Crippen molar-refractivity contribution in [1.29, 1.82) is 0 Å². The summed E-state index contributed by atoms with van der Waals surface area (Å²) < 4.78 is 0.874. The summed E-state index contributed by atoms with van der Waals surface area (Å²) >= 11 is 3.35. The molecule has 140 valence electrons. The maximum absolute atomic E-state index is 12.8. The van der Waals surface area contributed by atoms with Crippen molar-refractivity contribution in [3.05, 3.63) is 69.7 Å². The van der Waals surface area contributed by atoms with Crippen molar-refractivity contribution in [1.82, 2.24) is 15.5 Å². The Morgan fingerprint density at radius 1 is 1.11 bits per heavy atom. The molecule has 2 aromatic carbocycles. The summed E-state index contributed by atoms with van der Waals surface area (Å²) in [5.74, 6) is -0.834. The Balaban J connectivity index is 1.65. The number of aryl methyl sites for hydroxylation is 1. The molecule has 1 fully saturated rings. The predicted octanol–water partition coefficient (Wildman–Crippen LogP) is 2.84. The number of hydrogen-bond donors (Lipinski definition) is 2. The number of carbonyl (C=O) groups is 3. The molecule has 0 spiro atoms. The second-order valence-corrected chi connectivity index (χ2v) is 7.63.